The van der Waals surface area contributed by atoms with Gasteiger partial charge in [0.1, 0.15) is 0 Å². The van der Waals surface area contributed by atoms with Crippen LogP contribution in [0, 0.1) is 0 Å². The van der Waals surface area contributed by atoms with Gasteiger partial charge >= 0.3 is 0 Å². The molecule has 2 fully saturated rings. The van der Waals surface area contributed by atoms with Crippen molar-refractivity contribution in [2.24, 2.45) is 0 Å². The SMILES string of the molecule is Cl.OC1CCN(C[C@@H]2CCCN2)CC1. The van der Waals surface area contributed by atoms with Crippen molar-refractivity contribution < 1.29 is 5.11 Å². The van der Waals surface area contributed by atoms with Gasteiger partial charge in [-0.3, -0.25) is 0 Å². The van der Waals surface area contributed by atoms with Gasteiger partial charge in [0.15, 0.2) is 0 Å². The molecule has 0 aromatic heterocycles. The van der Waals surface area contributed by atoms with E-state index in [-0.39, 0.29) is 18.5 Å². The highest BCUT2D eigenvalue weighted by molar-refractivity contribution is 5.85. The van der Waals surface area contributed by atoms with Gasteiger partial charge in [0.2, 0.25) is 0 Å². The molecule has 2 N–H and O–H groups in total. The third kappa shape index (κ3) is 3.39. The first-order valence-electron chi connectivity index (χ1n) is 5.48. The Morgan fingerprint density at radius 1 is 1.21 bits per heavy atom. The number of rotatable bonds is 2. The number of nitrogens with one attached hydrogen (secondary N) is 1. The van der Waals surface area contributed by atoms with Gasteiger partial charge < -0.3 is 15.3 Å². The number of nitrogens with zero attached hydrogens (tertiary/aromatic N) is 1. The summed E-state index contributed by atoms with van der Waals surface area (Å²) in [5.41, 5.74) is 0. The number of piperidine rings is 1. The van der Waals surface area contributed by atoms with E-state index in [0.717, 1.165) is 32.0 Å². The van der Waals surface area contributed by atoms with Gasteiger partial charge in [-0.15, -0.1) is 12.4 Å². The summed E-state index contributed by atoms with van der Waals surface area (Å²) in [7, 11) is 0. The third-order valence-electron chi connectivity index (χ3n) is 3.20. The first kappa shape index (κ1) is 12.2. The number of likely N-dealkylation sites (tertiary alicyclic amines) is 1. The van der Waals surface area contributed by atoms with Crippen LogP contribution in [0.15, 0.2) is 0 Å². The third-order valence-corrected chi connectivity index (χ3v) is 3.20. The summed E-state index contributed by atoms with van der Waals surface area (Å²) < 4.78 is 0. The van der Waals surface area contributed by atoms with Crippen LogP contribution in [0.4, 0.5) is 0 Å². The number of aliphatic hydroxyl groups excluding tert-OH is 1. The zero-order valence-electron chi connectivity index (χ0n) is 8.61. The van der Waals surface area contributed by atoms with Gasteiger partial charge in [-0.1, -0.05) is 0 Å². The van der Waals surface area contributed by atoms with Crippen molar-refractivity contribution in [3.05, 3.63) is 0 Å². The minimum Gasteiger partial charge on any atom is -0.393 e. The Balaban J connectivity index is 0.000000980. The monoisotopic (exact) mass is 220 g/mol. The molecular weight excluding hydrogens is 200 g/mol. The van der Waals surface area contributed by atoms with E-state index in [9.17, 15) is 5.11 Å². The molecule has 0 aliphatic carbocycles. The van der Waals surface area contributed by atoms with Crippen LogP contribution in [0.25, 0.3) is 0 Å². The van der Waals surface area contributed by atoms with E-state index in [1.165, 1.54) is 25.9 Å². The van der Waals surface area contributed by atoms with Crippen LogP contribution >= 0.6 is 12.4 Å². The van der Waals surface area contributed by atoms with E-state index in [2.05, 4.69) is 10.2 Å². The molecule has 3 nitrogen and oxygen atoms in total. The molecule has 0 aromatic carbocycles. The first-order valence-corrected chi connectivity index (χ1v) is 5.48. The van der Waals surface area contributed by atoms with Crippen LogP contribution in [0.2, 0.25) is 0 Å². The van der Waals surface area contributed by atoms with Crippen molar-refractivity contribution in [2.45, 2.75) is 37.8 Å². The fourth-order valence-electron chi connectivity index (χ4n) is 2.33. The van der Waals surface area contributed by atoms with Crippen molar-refractivity contribution in [3.63, 3.8) is 0 Å². The number of halogens is 1. The van der Waals surface area contributed by atoms with Crippen LogP contribution in [0.1, 0.15) is 25.7 Å². The van der Waals surface area contributed by atoms with Crippen LogP contribution in [-0.4, -0.2) is 48.3 Å². The Labute approximate surface area is 92.3 Å². The zero-order chi connectivity index (χ0) is 9.10. The Morgan fingerprint density at radius 3 is 2.50 bits per heavy atom. The summed E-state index contributed by atoms with van der Waals surface area (Å²) in [6.07, 6.45) is 4.56. The predicted molar refractivity (Wildman–Crippen MR) is 60.0 cm³/mol. The molecule has 0 saturated carbocycles. The van der Waals surface area contributed by atoms with E-state index in [1.807, 2.05) is 0 Å². The van der Waals surface area contributed by atoms with E-state index in [0.29, 0.717) is 0 Å². The topological polar surface area (TPSA) is 35.5 Å². The number of aliphatic hydroxyl groups is 1. The fraction of sp³-hybridized carbons (Fsp3) is 1.00. The smallest absolute Gasteiger partial charge is 0.0564 e. The highest BCUT2D eigenvalue weighted by Crippen LogP contribution is 2.13. The lowest BCUT2D eigenvalue weighted by atomic mass is 10.1. The van der Waals surface area contributed by atoms with E-state index in [4.69, 9.17) is 0 Å². The maximum absolute atomic E-state index is 9.35. The molecule has 2 aliphatic heterocycles. The number of hydrogen-bond donors (Lipinski definition) is 2. The van der Waals surface area contributed by atoms with Crippen LogP contribution in [0.5, 0.6) is 0 Å². The molecule has 0 aromatic rings. The molecular formula is C10H21ClN2O. The van der Waals surface area contributed by atoms with Crippen molar-refractivity contribution in [1.29, 1.82) is 0 Å². The highest BCUT2D eigenvalue weighted by Gasteiger charge is 2.21. The van der Waals surface area contributed by atoms with Gasteiger partial charge in [0.25, 0.3) is 0 Å². The number of hydrogen-bond acceptors (Lipinski definition) is 3. The molecule has 2 saturated heterocycles. The summed E-state index contributed by atoms with van der Waals surface area (Å²) in [6, 6.07) is 0.718. The standard InChI is InChI=1S/C10H20N2O.ClH/c13-10-3-6-12(7-4-10)8-9-2-1-5-11-9;/h9-11,13H,1-8H2;1H/t9-;/m0./s1. The molecule has 0 unspecified atom stereocenters. The molecule has 14 heavy (non-hydrogen) atoms. The summed E-state index contributed by atoms with van der Waals surface area (Å²) in [4.78, 5) is 2.48. The Kier molecular flexibility index (Phi) is 5.17. The summed E-state index contributed by atoms with van der Waals surface area (Å²) in [5, 5.41) is 12.9. The Morgan fingerprint density at radius 2 is 1.93 bits per heavy atom. The highest BCUT2D eigenvalue weighted by atomic mass is 35.5. The second kappa shape index (κ2) is 5.91. The first-order chi connectivity index (χ1) is 6.34. The van der Waals surface area contributed by atoms with Gasteiger partial charge in [-0.25, -0.2) is 0 Å². The Hall–Kier alpha value is 0.170. The van der Waals surface area contributed by atoms with Crippen LogP contribution in [0.3, 0.4) is 0 Å². The summed E-state index contributed by atoms with van der Waals surface area (Å²) in [6.45, 7) is 4.55. The quantitative estimate of drug-likeness (QED) is 0.716. The van der Waals surface area contributed by atoms with Crippen molar-refractivity contribution in [3.8, 4) is 0 Å². The fourth-order valence-corrected chi connectivity index (χ4v) is 2.33. The van der Waals surface area contributed by atoms with Gasteiger partial charge in [0, 0.05) is 25.7 Å². The minimum absolute atomic E-state index is 0. The molecule has 1 atom stereocenters. The van der Waals surface area contributed by atoms with E-state index >= 15 is 0 Å². The molecule has 2 heterocycles. The molecule has 0 amide bonds. The van der Waals surface area contributed by atoms with Crippen molar-refractivity contribution in [2.75, 3.05) is 26.2 Å². The molecule has 4 heteroatoms. The average Bonchev–Trinajstić information content (AvgIpc) is 2.62. The molecule has 0 bridgehead atoms. The maximum atomic E-state index is 9.35. The maximum Gasteiger partial charge on any atom is 0.0564 e. The van der Waals surface area contributed by atoms with E-state index < -0.39 is 0 Å². The second-order valence-electron chi connectivity index (χ2n) is 4.33. The van der Waals surface area contributed by atoms with Crippen LogP contribution < -0.4 is 5.32 Å². The lowest BCUT2D eigenvalue weighted by Crippen LogP contribution is -2.42. The van der Waals surface area contributed by atoms with Gasteiger partial charge in [-0.05, 0) is 32.2 Å². The lowest BCUT2D eigenvalue weighted by Gasteiger charge is -2.31. The normalized spacial score (nSPS) is 30.2. The largest absolute Gasteiger partial charge is 0.393 e. The minimum atomic E-state index is -0.0345. The van der Waals surface area contributed by atoms with Gasteiger partial charge in [0.05, 0.1) is 6.10 Å². The van der Waals surface area contributed by atoms with Crippen LogP contribution in [-0.2, 0) is 0 Å². The average molecular weight is 221 g/mol. The van der Waals surface area contributed by atoms with Crippen molar-refractivity contribution >= 4 is 12.4 Å². The van der Waals surface area contributed by atoms with Crippen molar-refractivity contribution in [1.82, 2.24) is 10.2 Å². The summed E-state index contributed by atoms with van der Waals surface area (Å²) in [5.74, 6) is 0. The molecule has 2 aliphatic rings. The van der Waals surface area contributed by atoms with E-state index in [1.54, 1.807) is 0 Å². The zero-order valence-corrected chi connectivity index (χ0v) is 9.43. The van der Waals surface area contributed by atoms with Gasteiger partial charge in [-0.2, -0.15) is 0 Å². The molecule has 2 rings (SSSR count). The Bertz CT molecular complexity index is 154. The molecule has 0 radical (unpaired) electrons. The second-order valence-corrected chi connectivity index (χ2v) is 4.33. The summed E-state index contributed by atoms with van der Waals surface area (Å²) >= 11 is 0. The lowest BCUT2D eigenvalue weighted by molar-refractivity contribution is 0.0788. The molecule has 84 valence electrons. The predicted octanol–water partition coefficient (Wildman–Crippen LogP) is 0.617. The molecule has 0 spiro atoms.